The van der Waals surface area contributed by atoms with Gasteiger partial charge in [0.25, 0.3) is 0 Å². The molecule has 0 spiro atoms. The van der Waals surface area contributed by atoms with Crippen LogP contribution in [0, 0.1) is 6.92 Å². The monoisotopic (exact) mass is 356 g/mol. The van der Waals surface area contributed by atoms with Crippen molar-refractivity contribution in [2.75, 3.05) is 5.75 Å². The quantitative estimate of drug-likeness (QED) is 0.735. The topological polar surface area (TPSA) is 46.5 Å². The van der Waals surface area contributed by atoms with Gasteiger partial charge < -0.3 is 9.84 Å². The maximum Gasteiger partial charge on any atom is 0.313 e. The van der Waals surface area contributed by atoms with Crippen LogP contribution in [0.4, 0.5) is 0 Å². The third-order valence-corrected chi connectivity index (χ3v) is 4.50. The molecule has 6 heteroatoms. The molecule has 0 bridgehead atoms. The van der Waals surface area contributed by atoms with Crippen molar-refractivity contribution in [3.8, 4) is 5.75 Å². The number of aryl methyl sites for hydroxylation is 1. The van der Waals surface area contributed by atoms with Crippen molar-refractivity contribution in [1.82, 2.24) is 0 Å². The van der Waals surface area contributed by atoms with Crippen LogP contribution in [0.2, 0.25) is 10.0 Å². The van der Waals surface area contributed by atoms with E-state index in [1.807, 2.05) is 25.1 Å². The fourth-order valence-electron chi connectivity index (χ4n) is 1.78. The molecule has 1 N–H and O–H groups in total. The zero-order valence-corrected chi connectivity index (χ0v) is 14.1. The summed E-state index contributed by atoms with van der Waals surface area (Å²) in [7, 11) is 0. The van der Waals surface area contributed by atoms with Crippen LogP contribution in [0.25, 0.3) is 0 Å². The highest BCUT2D eigenvalue weighted by Crippen LogP contribution is 2.28. The number of carboxylic acids is 1. The van der Waals surface area contributed by atoms with E-state index in [0.29, 0.717) is 22.4 Å². The van der Waals surface area contributed by atoms with Crippen molar-refractivity contribution in [2.45, 2.75) is 18.4 Å². The second kappa shape index (κ2) is 7.77. The minimum absolute atomic E-state index is 0.0165. The number of hydrogen-bond donors (Lipinski definition) is 1. The smallest absolute Gasteiger partial charge is 0.313 e. The molecule has 0 heterocycles. The molecular weight excluding hydrogens is 343 g/mol. The third-order valence-electron chi connectivity index (χ3n) is 2.91. The first-order valence-corrected chi connectivity index (χ1v) is 8.22. The molecule has 0 aromatic heterocycles. The molecule has 0 saturated carbocycles. The number of aliphatic carboxylic acids is 1. The highest BCUT2D eigenvalue weighted by molar-refractivity contribution is 8.00. The van der Waals surface area contributed by atoms with E-state index < -0.39 is 5.97 Å². The minimum Gasteiger partial charge on any atom is -0.489 e. The van der Waals surface area contributed by atoms with E-state index in [-0.39, 0.29) is 5.75 Å². The van der Waals surface area contributed by atoms with Gasteiger partial charge in [0.1, 0.15) is 12.4 Å². The molecule has 0 amide bonds. The zero-order valence-electron chi connectivity index (χ0n) is 11.8. The van der Waals surface area contributed by atoms with Gasteiger partial charge in [-0.2, -0.15) is 0 Å². The van der Waals surface area contributed by atoms with Crippen LogP contribution in [0.1, 0.15) is 11.1 Å². The summed E-state index contributed by atoms with van der Waals surface area (Å²) >= 11 is 13.3. The Bertz CT molecular complexity index is 689. The summed E-state index contributed by atoms with van der Waals surface area (Å²) in [4.78, 5) is 11.5. The SMILES string of the molecule is Cc1ccc(SCC(=O)O)cc1OCc1cc(Cl)ccc1Cl. The average molecular weight is 357 g/mol. The lowest BCUT2D eigenvalue weighted by Crippen LogP contribution is -1.99. The van der Waals surface area contributed by atoms with Crippen molar-refractivity contribution in [3.05, 3.63) is 57.6 Å². The van der Waals surface area contributed by atoms with Gasteiger partial charge in [-0.3, -0.25) is 4.79 Å². The first-order chi connectivity index (χ1) is 10.5. The Morgan fingerprint density at radius 2 is 2.00 bits per heavy atom. The van der Waals surface area contributed by atoms with E-state index in [4.69, 9.17) is 33.0 Å². The molecule has 0 radical (unpaired) electrons. The number of thioether (sulfide) groups is 1. The Hall–Kier alpha value is -1.36. The predicted octanol–water partition coefficient (Wildman–Crippen LogP) is 5.06. The van der Waals surface area contributed by atoms with E-state index in [1.165, 1.54) is 11.8 Å². The van der Waals surface area contributed by atoms with Gasteiger partial charge in [-0.25, -0.2) is 0 Å². The van der Waals surface area contributed by atoms with Crippen molar-refractivity contribution in [3.63, 3.8) is 0 Å². The standard InChI is InChI=1S/C16H14Cl2O3S/c1-10-2-4-13(22-9-16(19)20)7-15(10)21-8-11-6-12(17)3-5-14(11)18/h2-7H,8-9H2,1H3,(H,19,20). The number of hydrogen-bond acceptors (Lipinski definition) is 3. The molecule has 0 unspecified atom stereocenters. The summed E-state index contributed by atoms with van der Waals surface area (Å²) in [6, 6.07) is 10.8. The Labute approximate surface area is 143 Å². The third kappa shape index (κ3) is 4.83. The van der Waals surface area contributed by atoms with Gasteiger partial charge in [0.2, 0.25) is 0 Å². The van der Waals surface area contributed by atoms with E-state index in [9.17, 15) is 4.79 Å². The zero-order chi connectivity index (χ0) is 16.1. The van der Waals surface area contributed by atoms with Crippen LogP contribution in [0.3, 0.4) is 0 Å². The van der Waals surface area contributed by atoms with Crippen LogP contribution in [-0.4, -0.2) is 16.8 Å². The van der Waals surface area contributed by atoms with Crippen LogP contribution in [0.5, 0.6) is 5.75 Å². The summed E-state index contributed by atoms with van der Waals surface area (Å²) in [5.74, 6) is -0.131. The lowest BCUT2D eigenvalue weighted by atomic mass is 10.2. The lowest BCUT2D eigenvalue weighted by molar-refractivity contribution is -0.133. The molecule has 0 fully saturated rings. The van der Waals surface area contributed by atoms with Gasteiger partial charge in [-0.1, -0.05) is 29.3 Å². The fraction of sp³-hybridized carbons (Fsp3) is 0.188. The van der Waals surface area contributed by atoms with Crippen LogP contribution in [0.15, 0.2) is 41.3 Å². The number of carbonyl (C=O) groups is 1. The normalized spacial score (nSPS) is 10.5. The van der Waals surface area contributed by atoms with Crippen molar-refractivity contribution < 1.29 is 14.6 Å². The summed E-state index contributed by atoms with van der Waals surface area (Å²) in [6.45, 7) is 2.23. The van der Waals surface area contributed by atoms with Gasteiger partial charge in [-0.05, 0) is 42.8 Å². The summed E-state index contributed by atoms with van der Waals surface area (Å²) < 4.78 is 5.80. The molecule has 2 rings (SSSR count). The number of rotatable bonds is 6. The highest BCUT2D eigenvalue weighted by atomic mass is 35.5. The summed E-state index contributed by atoms with van der Waals surface area (Å²) in [6.07, 6.45) is 0. The lowest BCUT2D eigenvalue weighted by Gasteiger charge is -2.12. The molecule has 0 saturated heterocycles. The molecule has 0 aliphatic carbocycles. The van der Waals surface area contributed by atoms with E-state index in [1.54, 1.807) is 18.2 Å². The van der Waals surface area contributed by atoms with Crippen LogP contribution in [-0.2, 0) is 11.4 Å². The average Bonchev–Trinajstić information content (AvgIpc) is 2.48. The van der Waals surface area contributed by atoms with Crippen molar-refractivity contribution in [2.24, 2.45) is 0 Å². The highest BCUT2D eigenvalue weighted by Gasteiger charge is 2.07. The van der Waals surface area contributed by atoms with E-state index >= 15 is 0 Å². The van der Waals surface area contributed by atoms with Gasteiger partial charge in [0.05, 0.1) is 5.75 Å². The number of halogens is 2. The van der Waals surface area contributed by atoms with Gasteiger partial charge in [-0.15, -0.1) is 11.8 Å². The molecule has 0 atom stereocenters. The maximum absolute atomic E-state index is 10.6. The molecular formula is C16H14Cl2O3S. The Balaban J connectivity index is 2.10. The molecule has 0 aliphatic rings. The number of benzene rings is 2. The van der Waals surface area contributed by atoms with Crippen molar-refractivity contribution >= 4 is 40.9 Å². The van der Waals surface area contributed by atoms with E-state index in [0.717, 1.165) is 16.0 Å². The van der Waals surface area contributed by atoms with Gasteiger partial charge >= 0.3 is 5.97 Å². The second-order valence-corrected chi connectivity index (χ2v) is 6.53. The molecule has 2 aromatic rings. The number of carboxylic acid groups (broad SMARTS) is 1. The fourth-order valence-corrected chi connectivity index (χ4v) is 2.79. The number of ether oxygens (including phenoxy) is 1. The predicted molar refractivity (Wildman–Crippen MR) is 90.3 cm³/mol. The van der Waals surface area contributed by atoms with Crippen LogP contribution < -0.4 is 4.74 Å². The summed E-state index contributed by atoms with van der Waals surface area (Å²) in [5, 5.41) is 9.93. The Morgan fingerprint density at radius 3 is 2.73 bits per heavy atom. The van der Waals surface area contributed by atoms with E-state index in [2.05, 4.69) is 0 Å². The minimum atomic E-state index is -0.848. The second-order valence-electron chi connectivity index (χ2n) is 4.63. The molecule has 2 aromatic carbocycles. The summed E-state index contributed by atoms with van der Waals surface area (Å²) in [5.41, 5.74) is 1.77. The van der Waals surface area contributed by atoms with Crippen molar-refractivity contribution in [1.29, 1.82) is 0 Å². The molecule has 0 aliphatic heterocycles. The largest absolute Gasteiger partial charge is 0.489 e. The molecule has 116 valence electrons. The molecule has 3 nitrogen and oxygen atoms in total. The van der Waals surface area contributed by atoms with Crippen LogP contribution >= 0.6 is 35.0 Å². The first kappa shape index (κ1) is 17.0. The maximum atomic E-state index is 10.6. The Morgan fingerprint density at radius 1 is 1.23 bits per heavy atom. The molecule has 22 heavy (non-hydrogen) atoms. The van der Waals surface area contributed by atoms with Gasteiger partial charge in [0.15, 0.2) is 0 Å². The Kier molecular flexibility index (Phi) is 6.00. The first-order valence-electron chi connectivity index (χ1n) is 6.47. The van der Waals surface area contributed by atoms with Gasteiger partial charge in [0, 0.05) is 20.5 Å².